The lowest BCUT2D eigenvalue weighted by molar-refractivity contribution is -0.112. The lowest BCUT2D eigenvalue weighted by atomic mass is 10.2. The molecule has 1 atom stereocenters. The molecule has 0 aliphatic carbocycles. The van der Waals surface area contributed by atoms with Crippen molar-refractivity contribution in [3.8, 4) is 10.4 Å². The molecule has 4 heteroatoms. The fraction of sp³-hybridized carbons (Fsp3) is 0.133. The minimum absolute atomic E-state index is 0.0288. The molecular formula is C15H11ClOS2. The minimum Gasteiger partial charge on any atom is -0.286 e. The topological polar surface area (TPSA) is 17.1 Å². The van der Waals surface area contributed by atoms with Crippen LogP contribution in [0.4, 0.5) is 0 Å². The standard InChI is InChI=1S/C15H11ClOS2/c1-9-8-14(19-15(9)17)13-7-6-12(18-13)10-2-4-11(16)5-3-10/h2-9H,1H3. The van der Waals surface area contributed by atoms with Crippen molar-refractivity contribution in [2.45, 2.75) is 6.92 Å². The van der Waals surface area contributed by atoms with E-state index in [9.17, 15) is 4.79 Å². The van der Waals surface area contributed by atoms with Gasteiger partial charge in [-0.25, -0.2) is 0 Å². The maximum Gasteiger partial charge on any atom is 0.200 e. The zero-order chi connectivity index (χ0) is 13.4. The zero-order valence-electron chi connectivity index (χ0n) is 10.2. The first-order chi connectivity index (χ1) is 9.13. The van der Waals surface area contributed by atoms with Gasteiger partial charge in [0.2, 0.25) is 0 Å². The van der Waals surface area contributed by atoms with Gasteiger partial charge in [0, 0.05) is 25.6 Å². The Morgan fingerprint density at radius 3 is 2.37 bits per heavy atom. The summed E-state index contributed by atoms with van der Waals surface area (Å²) in [5.74, 6) is 0.0288. The predicted molar refractivity (Wildman–Crippen MR) is 84.5 cm³/mol. The number of thiophene rings is 1. The molecule has 2 aromatic rings. The van der Waals surface area contributed by atoms with Crippen LogP contribution in [-0.2, 0) is 4.79 Å². The van der Waals surface area contributed by atoms with Crippen molar-refractivity contribution in [3.05, 3.63) is 52.4 Å². The van der Waals surface area contributed by atoms with Crippen molar-refractivity contribution in [3.63, 3.8) is 0 Å². The molecule has 19 heavy (non-hydrogen) atoms. The summed E-state index contributed by atoms with van der Waals surface area (Å²) in [6, 6.07) is 12.0. The van der Waals surface area contributed by atoms with Crippen molar-refractivity contribution in [1.29, 1.82) is 0 Å². The van der Waals surface area contributed by atoms with Crippen LogP contribution >= 0.6 is 34.7 Å². The van der Waals surface area contributed by atoms with Crippen molar-refractivity contribution >= 4 is 44.7 Å². The first-order valence-corrected chi connectivity index (χ1v) is 7.94. The molecule has 0 amide bonds. The number of carbonyl (C=O) groups excluding carboxylic acids is 1. The second kappa shape index (κ2) is 5.16. The average molecular weight is 307 g/mol. The summed E-state index contributed by atoms with van der Waals surface area (Å²) in [7, 11) is 0. The first-order valence-electron chi connectivity index (χ1n) is 5.93. The van der Waals surface area contributed by atoms with E-state index in [4.69, 9.17) is 11.6 Å². The Morgan fingerprint density at radius 2 is 1.74 bits per heavy atom. The number of rotatable bonds is 2. The number of hydrogen-bond acceptors (Lipinski definition) is 3. The molecular weight excluding hydrogens is 296 g/mol. The Hall–Kier alpha value is -1.03. The molecule has 1 nitrogen and oxygen atoms in total. The summed E-state index contributed by atoms with van der Waals surface area (Å²) in [5, 5.41) is 0.977. The van der Waals surface area contributed by atoms with Crippen LogP contribution in [0.15, 0.2) is 42.5 Å². The third kappa shape index (κ3) is 2.64. The second-order valence-corrected chi connectivity index (χ2v) is 6.98. The second-order valence-electron chi connectivity index (χ2n) is 4.41. The highest BCUT2D eigenvalue weighted by molar-refractivity contribution is 8.22. The Kier molecular flexibility index (Phi) is 3.52. The molecule has 96 valence electrons. The number of benzene rings is 1. The number of halogens is 1. The molecule has 0 fully saturated rings. The van der Waals surface area contributed by atoms with Crippen LogP contribution in [0.1, 0.15) is 11.8 Å². The highest BCUT2D eigenvalue weighted by Gasteiger charge is 2.23. The molecule has 3 rings (SSSR count). The summed E-state index contributed by atoms with van der Waals surface area (Å²) >= 11 is 8.95. The van der Waals surface area contributed by atoms with E-state index in [0.29, 0.717) is 0 Å². The molecule has 1 aromatic carbocycles. The van der Waals surface area contributed by atoms with Crippen LogP contribution in [0.3, 0.4) is 0 Å². The Labute approximate surface area is 125 Å². The van der Waals surface area contributed by atoms with Crippen molar-refractivity contribution in [2.75, 3.05) is 0 Å². The predicted octanol–water partition coefficient (Wildman–Crippen LogP) is 5.32. The SMILES string of the molecule is CC1C=C(c2ccc(-c3ccc(Cl)cc3)s2)SC1=O. The monoisotopic (exact) mass is 306 g/mol. The third-order valence-corrected chi connectivity index (χ3v) is 5.66. The fourth-order valence-electron chi connectivity index (χ4n) is 1.90. The molecule has 1 aromatic heterocycles. The average Bonchev–Trinajstić information content (AvgIpc) is 2.99. The molecule has 2 heterocycles. The van der Waals surface area contributed by atoms with E-state index in [1.807, 2.05) is 37.3 Å². The van der Waals surface area contributed by atoms with E-state index < -0.39 is 0 Å². The van der Waals surface area contributed by atoms with Crippen molar-refractivity contribution in [2.24, 2.45) is 5.92 Å². The lowest BCUT2D eigenvalue weighted by Crippen LogP contribution is -1.95. The van der Waals surface area contributed by atoms with E-state index in [-0.39, 0.29) is 11.0 Å². The number of thioether (sulfide) groups is 1. The van der Waals surface area contributed by atoms with E-state index in [1.165, 1.54) is 16.6 Å². The summed E-state index contributed by atoms with van der Waals surface area (Å²) in [6.07, 6.45) is 2.05. The van der Waals surface area contributed by atoms with Crippen LogP contribution in [0.2, 0.25) is 5.02 Å². The molecule has 1 aliphatic heterocycles. The van der Waals surface area contributed by atoms with E-state index in [2.05, 4.69) is 12.1 Å². The van der Waals surface area contributed by atoms with Crippen LogP contribution in [-0.4, -0.2) is 5.12 Å². The molecule has 0 bridgehead atoms. The van der Waals surface area contributed by atoms with E-state index >= 15 is 0 Å². The van der Waals surface area contributed by atoms with Gasteiger partial charge < -0.3 is 0 Å². The van der Waals surface area contributed by atoms with Gasteiger partial charge in [0.25, 0.3) is 0 Å². The summed E-state index contributed by atoms with van der Waals surface area (Å²) in [4.78, 5) is 15.0. The number of carbonyl (C=O) groups is 1. The highest BCUT2D eigenvalue weighted by atomic mass is 35.5. The maximum atomic E-state index is 11.6. The molecule has 0 N–H and O–H groups in total. The Morgan fingerprint density at radius 1 is 1.05 bits per heavy atom. The summed E-state index contributed by atoms with van der Waals surface area (Å²) in [6.45, 7) is 1.94. The highest BCUT2D eigenvalue weighted by Crippen LogP contribution is 2.42. The van der Waals surface area contributed by atoms with Gasteiger partial charge in [0.15, 0.2) is 5.12 Å². The normalized spacial score (nSPS) is 18.7. The van der Waals surface area contributed by atoms with Gasteiger partial charge in [0.05, 0.1) is 0 Å². The van der Waals surface area contributed by atoms with Crippen molar-refractivity contribution < 1.29 is 4.79 Å². The minimum atomic E-state index is 0.0288. The van der Waals surface area contributed by atoms with E-state index in [1.54, 1.807) is 11.3 Å². The van der Waals surface area contributed by atoms with Crippen LogP contribution < -0.4 is 0 Å². The summed E-state index contributed by atoms with van der Waals surface area (Å²) < 4.78 is 0. The van der Waals surface area contributed by atoms with Gasteiger partial charge in [-0.1, -0.05) is 48.5 Å². The van der Waals surface area contributed by atoms with Crippen molar-refractivity contribution in [1.82, 2.24) is 0 Å². The first kappa shape index (κ1) is 13.0. The molecule has 1 unspecified atom stereocenters. The molecule has 0 radical (unpaired) electrons. The Balaban J connectivity index is 1.90. The smallest absolute Gasteiger partial charge is 0.200 e. The van der Waals surface area contributed by atoms with Crippen LogP contribution in [0.5, 0.6) is 0 Å². The van der Waals surface area contributed by atoms with Gasteiger partial charge in [0.1, 0.15) is 0 Å². The zero-order valence-corrected chi connectivity index (χ0v) is 12.6. The molecule has 0 spiro atoms. The van der Waals surface area contributed by atoms with Gasteiger partial charge in [-0.3, -0.25) is 4.79 Å². The van der Waals surface area contributed by atoms with Gasteiger partial charge >= 0.3 is 0 Å². The molecule has 0 saturated heterocycles. The number of allylic oxidation sites excluding steroid dienone is 1. The van der Waals surface area contributed by atoms with Gasteiger partial charge in [-0.15, -0.1) is 11.3 Å². The summed E-state index contributed by atoms with van der Waals surface area (Å²) in [5.41, 5.74) is 1.16. The van der Waals surface area contributed by atoms with E-state index in [0.717, 1.165) is 20.4 Å². The fourth-order valence-corrected chi connectivity index (χ4v) is 4.12. The number of hydrogen-bond donors (Lipinski definition) is 0. The molecule has 1 aliphatic rings. The quantitative estimate of drug-likeness (QED) is 0.747. The maximum absolute atomic E-state index is 11.6. The third-order valence-electron chi connectivity index (χ3n) is 2.96. The van der Waals surface area contributed by atoms with Crippen LogP contribution in [0.25, 0.3) is 15.3 Å². The Bertz CT molecular complexity index is 655. The lowest BCUT2D eigenvalue weighted by Gasteiger charge is -1.97. The molecule has 0 saturated carbocycles. The van der Waals surface area contributed by atoms with Crippen LogP contribution in [0, 0.1) is 5.92 Å². The van der Waals surface area contributed by atoms with Gasteiger partial charge in [-0.2, -0.15) is 0 Å². The largest absolute Gasteiger partial charge is 0.286 e. The van der Waals surface area contributed by atoms with Gasteiger partial charge in [-0.05, 0) is 29.8 Å².